The van der Waals surface area contributed by atoms with E-state index in [1.54, 1.807) is 35.0 Å². The van der Waals surface area contributed by atoms with Gasteiger partial charge in [-0.1, -0.05) is 11.6 Å². The van der Waals surface area contributed by atoms with Crippen LogP contribution in [0.5, 0.6) is 0 Å². The SMILES string of the molecule is N#Cc1ccc(Cl)c(-n2c(N)nc3cccnc32)c1. The van der Waals surface area contributed by atoms with Gasteiger partial charge in [0, 0.05) is 6.20 Å². The van der Waals surface area contributed by atoms with Crippen LogP contribution in [0.1, 0.15) is 5.56 Å². The molecule has 0 bridgehead atoms. The second kappa shape index (κ2) is 4.26. The molecule has 0 saturated carbocycles. The first-order valence-electron chi connectivity index (χ1n) is 5.49. The number of hydrogen-bond donors (Lipinski definition) is 1. The normalized spacial score (nSPS) is 10.5. The van der Waals surface area contributed by atoms with Gasteiger partial charge >= 0.3 is 0 Å². The number of fused-ring (bicyclic) bond motifs is 1. The maximum Gasteiger partial charge on any atom is 0.207 e. The number of hydrogen-bond acceptors (Lipinski definition) is 4. The van der Waals surface area contributed by atoms with Crippen LogP contribution in [0, 0.1) is 11.3 Å². The third kappa shape index (κ3) is 1.79. The molecule has 0 amide bonds. The van der Waals surface area contributed by atoms with E-state index in [4.69, 9.17) is 22.6 Å². The van der Waals surface area contributed by atoms with Crippen molar-refractivity contribution in [2.24, 2.45) is 0 Å². The molecular formula is C13H8ClN5. The fraction of sp³-hybridized carbons (Fsp3) is 0. The van der Waals surface area contributed by atoms with Crippen molar-refractivity contribution in [3.63, 3.8) is 0 Å². The average molecular weight is 270 g/mol. The molecule has 0 aliphatic rings. The fourth-order valence-corrected chi connectivity index (χ4v) is 2.12. The first-order chi connectivity index (χ1) is 9.20. The van der Waals surface area contributed by atoms with Gasteiger partial charge in [-0.3, -0.25) is 4.57 Å². The van der Waals surface area contributed by atoms with Crippen molar-refractivity contribution in [2.45, 2.75) is 0 Å². The Balaban J connectivity index is 2.36. The quantitative estimate of drug-likeness (QED) is 0.736. The lowest BCUT2D eigenvalue weighted by molar-refractivity contribution is 1.08. The van der Waals surface area contributed by atoms with Crippen molar-refractivity contribution in [3.8, 4) is 11.8 Å². The first-order valence-corrected chi connectivity index (χ1v) is 5.87. The predicted molar refractivity (Wildman–Crippen MR) is 73.0 cm³/mol. The summed E-state index contributed by atoms with van der Waals surface area (Å²) in [6, 6.07) is 10.6. The molecule has 2 N–H and O–H groups in total. The number of nitrogens with two attached hydrogens (primary N) is 1. The van der Waals surface area contributed by atoms with Crippen molar-refractivity contribution in [3.05, 3.63) is 47.1 Å². The van der Waals surface area contributed by atoms with E-state index in [0.29, 0.717) is 27.4 Å². The highest BCUT2D eigenvalue weighted by molar-refractivity contribution is 6.32. The monoisotopic (exact) mass is 269 g/mol. The molecule has 0 aliphatic carbocycles. The zero-order valence-electron chi connectivity index (χ0n) is 9.71. The van der Waals surface area contributed by atoms with Crippen LogP contribution in [-0.4, -0.2) is 14.5 Å². The van der Waals surface area contributed by atoms with E-state index in [9.17, 15) is 0 Å². The lowest BCUT2D eigenvalue weighted by atomic mass is 10.2. The Morgan fingerprint density at radius 1 is 1.32 bits per heavy atom. The van der Waals surface area contributed by atoms with Crippen LogP contribution >= 0.6 is 11.6 Å². The number of aromatic nitrogens is 3. The molecule has 0 fully saturated rings. The maximum absolute atomic E-state index is 8.97. The minimum atomic E-state index is 0.283. The van der Waals surface area contributed by atoms with Crippen LogP contribution in [0.2, 0.25) is 5.02 Å². The molecule has 6 heteroatoms. The molecule has 5 nitrogen and oxygen atoms in total. The van der Waals surface area contributed by atoms with Crippen LogP contribution in [-0.2, 0) is 0 Å². The lowest BCUT2D eigenvalue weighted by Gasteiger charge is -2.08. The third-order valence-corrected chi connectivity index (χ3v) is 3.08. The third-order valence-electron chi connectivity index (χ3n) is 2.76. The number of nitrogen functional groups attached to an aromatic ring is 1. The fourth-order valence-electron chi connectivity index (χ4n) is 1.92. The van der Waals surface area contributed by atoms with Gasteiger partial charge in [0.15, 0.2) is 5.65 Å². The molecule has 0 radical (unpaired) electrons. The minimum absolute atomic E-state index is 0.283. The van der Waals surface area contributed by atoms with Crippen molar-refractivity contribution in [2.75, 3.05) is 5.73 Å². The summed E-state index contributed by atoms with van der Waals surface area (Å²) in [6.45, 7) is 0. The number of nitrogens with zero attached hydrogens (tertiary/aromatic N) is 4. The molecule has 19 heavy (non-hydrogen) atoms. The van der Waals surface area contributed by atoms with Gasteiger partial charge in [-0.2, -0.15) is 5.26 Å². The second-order valence-corrected chi connectivity index (χ2v) is 4.34. The second-order valence-electron chi connectivity index (χ2n) is 3.93. The number of imidazole rings is 1. The zero-order valence-corrected chi connectivity index (χ0v) is 10.5. The maximum atomic E-state index is 8.97. The molecule has 0 spiro atoms. The molecule has 3 rings (SSSR count). The highest BCUT2D eigenvalue weighted by atomic mass is 35.5. The van der Waals surface area contributed by atoms with Crippen LogP contribution in [0.15, 0.2) is 36.5 Å². The molecule has 3 aromatic rings. The Labute approximate surface area is 113 Å². The Morgan fingerprint density at radius 2 is 2.16 bits per heavy atom. The van der Waals surface area contributed by atoms with Gasteiger partial charge in [-0.05, 0) is 30.3 Å². The summed E-state index contributed by atoms with van der Waals surface area (Å²) in [7, 11) is 0. The van der Waals surface area contributed by atoms with Crippen molar-refractivity contribution in [1.82, 2.24) is 14.5 Å². The summed E-state index contributed by atoms with van der Waals surface area (Å²) in [6.07, 6.45) is 1.65. The summed E-state index contributed by atoms with van der Waals surface area (Å²) in [5, 5.41) is 9.45. The smallest absolute Gasteiger partial charge is 0.207 e. The number of nitriles is 1. The summed E-state index contributed by atoms with van der Waals surface area (Å²) in [5.41, 5.74) is 8.30. The highest BCUT2D eigenvalue weighted by Gasteiger charge is 2.13. The standard InChI is InChI=1S/C13H8ClN5/c14-9-4-3-8(7-15)6-11(9)19-12-10(18-13(19)16)2-1-5-17-12/h1-6H,(H2,16,18). The van der Waals surface area contributed by atoms with E-state index in [1.807, 2.05) is 6.07 Å². The minimum Gasteiger partial charge on any atom is -0.369 e. The molecule has 0 saturated heterocycles. The van der Waals surface area contributed by atoms with E-state index in [1.165, 1.54) is 0 Å². The Hall–Kier alpha value is -2.58. The molecule has 92 valence electrons. The molecule has 1 aromatic carbocycles. The highest BCUT2D eigenvalue weighted by Crippen LogP contribution is 2.27. The summed E-state index contributed by atoms with van der Waals surface area (Å²) >= 11 is 6.18. The zero-order chi connectivity index (χ0) is 13.4. The van der Waals surface area contributed by atoms with Gasteiger partial charge in [0.05, 0.1) is 22.3 Å². The van der Waals surface area contributed by atoms with Crippen molar-refractivity contribution in [1.29, 1.82) is 5.26 Å². The molecule has 2 aromatic heterocycles. The first kappa shape index (κ1) is 11.5. The largest absolute Gasteiger partial charge is 0.369 e. The number of anilines is 1. The molecule has 0 unspecified atom stereocenters. The molecule has 2 heterocycles. The van der Waals surface area contributed by atoms with Crippen molar-refractivity contribution >= 4 is 28.7 Å². The average Bonchev–Trinajstić information content (AvgIpc) is 2.75. The number of pyridine rings is 1. The van der Waals surface area contributed by atoms with Crippen LogP contribution in [0.3, 0.4) is 0 Å². The predicted octanol–water partition coefficient (Wildman–Crippen LogP) is 2.53. The summed E-state index contributed by atoms with van der Waals surface area (Å²) in [4.78, 5) is 8.48. The van der Waals surface area contributed by atoms with E-state index in [0.717, 1.165) is 0 Å². The molecule has 0 aliphatic heterocycles. The molecular weight excluding hydrogens is 262 g/mol. The van der Waals surface area contributed by atoms with Gasteiger partial charge in [-0.15, -0.1) is 0 Å². The Kier molecular flexibility index (Phi) is 2.58. The Bertz CT molecular complexity index is 816. The van der Waals surface area contributed by atoms with Gasteiger partial charge in [-0.25, -0.2) is 9.97 Å². The number of benzene rings is 1. The summed E-state index contributed by atoms with van der Waals surface area (Å²) in [5.74, 6) is 0.283. The van der Waals surface area contributed by atoms with Crippen molar-refractivity contribution < 1.29 is 0 Å². The van der Waals surface area contributed by atoms with E-state index >= 15 is 0 Å². The topological polar surface area (TPSA) is 80.5 Å². The van der Waals surface area contributed by atoms with E-state index in [2.05, 4.69) is 16.0 Å². The van der Waals surface area contributed by atoms with Crippen LogP contribution < -0.4 is 5.73 Å². The van der Waals surface area contributed by atoms with Crippen LogP contribution in [0.25, 0.3) is 16.9 Å². The van der Waals surface area contributed by atoms with Gasteiger partial charge in [0.25, 0.3) is 0 Å². The van der Waals surface area contributed by atoms with E-state index in [-0.39, 0.29) is 5.95 Å². The number of halogens is 1. The molecule has 0 atom stereocenters. The lowest BCUT2D eigenvalue weighted by Crippen LogP contribution is -2.02. The number of rotatable bonds is 1. The Morgan fingerprint density at radius 3 is 2.95 bits per heavy atom. The van der Waals surface area contributed by atoms with E-state index < -0.39 is 0 Å². The van der Waals surface area contributed by atoms with Gasteiger partial charge in [0.1, 0.15) is 5.52 Å². The van der Waals surface area contributed by atoms with Gasteiger partial charge in [0.2, 0.25) is 5.95 Å². The summed E-state index contributed by atoms with van der Waals surface area (Å²) < 4.78 is 1.64. The van der Waals surface area contributed by atoms with Gasteiger partial charge < -0.3 is 5.73 Å². The van der Waals surface area contributed by atoms with Crippen LogP contribution in [0.4, 0.5) is 5.95 Å².